The number of amides is 1. The average molecular weight is 159 g/mol. The van der Waals surface area contributed by atoms with Crippen LogP contribution >= 0.6 is 0 Å². The van der Waals surface area contributed by atoms with Gasteiger partial charge in [0.1, 0.15) is 0 Å². The quantitative estimate of drug-likeness (QED) is 0.554. The Morgan fingerprint density at radius 1 is 1.09 bits per heavy atom. The Morgan fingerprint density at radius 3 is 2.09 bits per heavy atom. The Labute approximate surface area is 65.4 Å². The number of rotatable bonds is 6. The first-order valence-electron chi connectivity index (χ1n) is 3.63. The highest BCUT2D eigenvalue weighted by molar-refractivity contribution is 5.73. The fourth-order valence-electron chi connectivity index (χ4n) is 0.752. The topological polar surface area (TPSA) is 80.4 Å². The molecule has 0 heterocycles. The molecule has 4 nitrogen and oxygen atoms in total. The van der Waals surface area contributed by atoms with Crippen molar-refractivity contribution in [3.8, 4) is 0 Å². The lowest BCUT2D eigenvalue weighted by molar-refractivity contribution is -0.137. The number of hydrogen-bond acceptors (Lipinski definition) is 2. The molecule has 0 aromatic heterocycles. The molecule has 0 aliphatic carbocycles. The lowest BCUT2D eigenvalue weighted by Gasteiger charge is -1.95. The van der Waals surface area contributed by atoms with Crippen molar-refractivity contribution >= 4 is 11.9 Å². The summed E-state index contributed by atoms with van der Waals surface area (Å²) in [6.07, 6.45) is 2.62. The van der Waals surface area contributed by atoms with Gasteiger partial charge in [-0.3, -0.25) is 9.59 Å². The van der Waals surface area contributed by atoms with E-state index in [-0.39, 0.29) is 12.3 Å². The Bertz CT molecular complexity index is 129. The van der Waals surface area contributed by atoms with E-state index in [4.69, 9.17) is 10.8 Å². The minimum Gasteiger partial charge on any atom is -0.481 e. The maximum atomic E-state index is 10.2. The van der Waals surface area contributed by atoms with Crippen molar-refractivity contribution < 1.29 is 14.7 Å². The number of carbonyl (C=O) groups is 2. The van der Waals surface area contributed by atoms with Crippen LogP contribution in [0, 0.1) is 0 Å². The Balaban J connectivity index is 3.03. The van der Waals surface area contributed by atoms with Crippen molar-refractivity contribution in [1.82, 2.24) is 0 Å². The van der Waals surface area contributed by atoms with Gasteiger partial charge >= 0.3 is 5.97 Å². The second-order valence-electron chi connectivity index (χ2n) is 2.42. The Morgan fingerprint density at radius 2 is 1.64 bits per heavy atom. The van der Waals surface area contributed by atoms with Crippen LogP contribution in [0.4, 0.5) is 0 Å². The first kappa shape index (κ1) is 9.94. The van der Waals surface area contributed by atoms with Gasteiger partial charge < -0.3 is 10.8 Å². The second-order valence-corrected chi connectivity index (χ2v) is 2.42. The van der Waals surface area contributed by atoms with Crippen LogP contribution in [0.2, 0.25) is 0 Å². The Kier molecular flexibility index (Phi) is 5.15. The molecule has 0 fully saturated rings. The van der Waals surface area contributed by atoms with Crippen molar-refractivity contribution in [2.24, 2.45) is 5.73 Å². The summed E-state index contributed by atoms with van der Waals surface area (Å²) in [4.78, 5) is 20.2. The number of primary amides is 1. The first-order valence-corrected chi connectivity index (χ1v) is 3.63. The molecule has 0 aromatic carbocycles. The molecule has 4 heteroatoms. The molecule has 0 aliphatic rings. The van der Waals surface area contributed by atoms with Crippen LogP contribution in [0.15, 0.2) is 0 Å². The Hall–Kier alpha value is -1.06. The molecule has 0 atom stereocenters. The summed E-state index contributed by atoms with van der Waals surface area (Å²) < 4.78 is 0. The minimum absolute atomic E-state index is 0.179. The van der Waals surface area contributed by atoms with Crippen LogP contribution in [0.25, 0.3) is 0 Å². The van der Waals surface area contributed by atoms with E-state index in [0.29, 0.717) is 19.3 Å². The number of carboxylic acids is 1. The highest BCUT2D eigenvalue weighted by Crippen LogP contribution is 2.01. The summed E-state index contributed by atoms with van der Waals surface area (Å²) in [5.41, 5.74) is 4.88. The predicted molar refractivity (Wildman–Crippen MR) is 39.9 cm³/mol. The molecule has 0 spiro atoms. The number of nitrogens with two attached hydrogens (primary N) is 1. The standard InChI is InChI=1S/C7H13NO3/c8-6(9)4-2-1-3-5-7(10)11/h1-5H2,(H2,8,9)(H,10,11). The van der Waals surface area contributed by atoms with Gasteiger partial charge in [0.25, 0.3) is 0 Å². The molecular formula is C7H13NO3. The lowest BCUT2D eigenvalue weighted by Crippen LogP contribution is -2.09. The fourth-order valence-corrected chi connectivity index (χ4v) is 0.752. The van der Waals surface area contributed by atoms with Crippen LogP contribution in [0.5, 0.6) is 0 Å². The van der Waals surface area contributed by atoms with Gasteiger partial charge in [-0.25, -0.2) is 0 Å². The first-order chi connectivity index (χ1) is 5.13. The van der Waals surface area contributed by atoms with Crippen LogP contribution in [0.1, 0.15) is 32.1 Å². The van der Waals surface area contributed by atoms with E-state index in [1.165, 1.54) is 0 Å². The largest absolute Gasteiger partial charge is 0.481 e. The molecule has 11 heavy (non-hydrogen) atoms. The zero-order chi connectivity index (χ0) is 8.69. The molecule has 0 unspecified atom stereocenters. The summed E-state index contributed by atoms with van der Waals surface area (Å²) >= 11 is 0. The van der Waals surface area contributed by atoms with E-state index < -0.39 is 5.97 Å². The zero-order valence-electron chi connectivity index (χ0n) is 6.38. The molecular weight excluding hydrogens is 146 g/mol. The predicted octanol–water partition coefficient (Wildman–Crippen LogP) is 0.507. The number of carbonyl (C=O) groups excluding carboxylic acids is 1. The molecule has 0 saturated carbocycles. The normalized spacial score (nSPS) is 9.45. The summed E-state index contributed by atoms with van der Waals surface area (Å²) in [5.74, 6) is -1.11. The molecule has 3 N–H and O–H groups in total. The van der Waals surface area contributed by atoms with Crippen molar-refractivity contribution in [3.63, 3.8) is 0 Å². The van der Waals surface area contributed by atoms with Gasteiger partial charge in [0, 0.05) is 12.8 Å². The highest BCUT2D eigenvalue weighted by Gasteiger charge is 1.97. The SMILES string of the molecule is NC(=O)CCCCCC(=O)O. The van der Waals surface area contributed by atoms with Crippen LogP contribution < -0.4 is 5.73 Å². The summed E-state index contributed by atoms with van der Waals surface area (Å²) in [6.45, 7) is 0. The smallest absolute Gasteiger partial charge is 0.303 e. The van der Waals surface area contributed by atoms with Crippen molar-refractivity contribution in [2.75, 3.05) is 0 Å². The van der Waals surface area contributed by atoms with Crippen LogP contribution in [-0.4, -0.2) is 17.0 Å². The zero-order valence-corrected chi connectivity index (χ0v) is 6.38. The number of carboxylic acid groups (broad SMARTS) is 1. The molecule has 1 amide bonds. The fraction of sp³-hybridized carbons (Fsp3) is 0.714. The average Bonchev–Trinajstić information content (AvgIpc) is 1.85. The van der Waals surface area contributed by atoms with E-state index in [2.05, 4.69) is 0 Å². The van der Waals surface area contributed by atoms with E-state index in [9.17, 15) is 9.59 Å². The maximum absolute atomic E-state index is 10.2. The molecule has 0 aliphatic heterocycles. The van der Waals surface area contributed by atoms with E-state index in [1.807, 2.05) is 0 Å². The molecule has 64 valence electrons. The molecule has 0 aromatic rings. The van der Waals surface area contributed by atoms with Crippen molar-refractivity contribution in [3.05, 3.63) is 0 Å². The van der Waals surface area contributed by atoms with Gasteiger partial charge in [0.15, 0.2) is 0 Å². The maximum Gasteiger partial charge on any atom is 0.303 e. The summed E-state index contributed by atoms with van der Waals surface area (Å²) in [5, 5.41) is 8.23. The van der Waals surface area contributed by atoms with E-state index in [0.717, 1.165) is 6.42 Å². The van der Waals surface area contributed by atoms with E-state index in [1.54, 1.807) is 0 Å². The van der Waals surface area contributed by atoms with Crippen LogP contribution in [-0.2, 0) is 9.59 Å². The third kappa shape index (κ3) is 8.94. The summed E-state index contributed by atoms with van der Waals surface area (Å²) in [7, 11) is 0. The van der Waals surface area contributed by atoms with Crippen molar-refractivity contribution in [2.45, 2.75) is 32.1 Å². The molecule has 0 rings (SSSR count). The molecule has 0 bridgehead atoms. The van der Waals surface area contributed by atoms with Gasteiger partial charge in [-0.15, -0.1) is 0 Å². The molecule has 0 saturated heterocycles. The number of hydrogen-bond donors (Lipinski definition) is 2. The number of aliphatic carboxylic acids is 1. The molecule has 0 radical (unpaired) electrons. The van der Waals surface area contributed by atoms with Gasteiger partial charge in [0.2, 0.25) is 5.91 Å². The van der Waals surface area contributed by atoms with E-state index >= 15 is 0 Å². The van der Waals surface area contributed by atoms with Gasteiger partial charge in [-0.05, 0) is 12.8 Å². The third-order valence-electron chi connectivity index (χ3n) is 1.31. The lowest BCUT2D eigenvalue weighted by atomic mass is 10.1. The van der Waals surface area contributed by atoms with Gasteiger partial charge in [-0.2, -0.15) is 0 Å². The monoisotopic (exact) mass is 159 g/mol. The highest BCUT2D eigenvalue weighted by atomic mass is 16.4. The van der Waals surface area contributed by atoms with Gasteiger partial charge in [-0.1, -0.05) is 6.42 Å². The minimum atomic E-state index is -0.788. The third-order valence-corrected chi connectivity index (χ3v) is 1.31. The second kappa shape index (κ2) is 5.70. The van der Waals surface area contributed by atoms with Crippen LogP contribution in [0.3, 0.4) is 0 Å². The van der Waals surface area contributed by atoms with Gasteiger partial charge in [0.05, 0.1) is 0 Å². The summed E-state index contributed by atoms with van der Waals surface area (Å²) in [6, 6.07) is 0. The van der Waals surface area contributed by atoms with Crippen molar-refractivity contribution in [1.29, 1.82) is 0 Å². The number of unbranched alkanes of at least 4 members (excludes halogenated alkanes) is 2.